The number of aromatic nitrogens is 5. The Kier molecular flexibility index (Phi) is 3.87. The fourth-order valence-corrected chi connectivity index (χ4v) is 2.08. The summed E-state index contributed by atoms with van der Waals surface area (Å²) >= 11 is 3.94. The van der Waals surface area contributed by atoms with Gasteiger partial charge in [0.25, 0.3) is 0 Å². The minimum atomic E-state index is -1.09. The van der Waals surface area contributed by atoms with Crippen LogP contribution in [0.3, 0.4) is 0 Å². The summed E-state index contributed by atoms with van der Waals surface area (Å²) in [6, 6.07) is 1.25. The van der Waals surface area contributed by atoms with Crippen LogP contribution in [-0.4, -0.2) is 36.3 Å². The van der Waals surface area contributed by atoms with E-state index in [0.717, 1.165) is 16.4 Å². The van der Waals surface area contributed by atoms with E-state index in [2.05, 4.69) is 36.4 Å². The molecule has 2 aromatic rings. The van der Waals surface area contributed by atoms with Crippen LogP contribution in [0.1, 0.15) is 0 Å². The smallest absolute Gasteiger partial charge is 0.325 e. The first-order valence-corrected chi connectivity index (χ1v) is 6.14. The molecule has 10 heteroatoms. The van der Waals surface area contributed by atoms with Crippen molar-refractivity contribution in [1.82, 2.24) is 25.2 Å². The Balaban J connectivity index is 2.23. The van der Waals surface area contributed by atoms with Crippen molar-refractivity contribution >= 4 is 33.7 Å². The van der Waals surface area contributed by atoms with Crippen molar-refractivity contribution in [3.05, 3.63) is 22.6 Å². The molecule has 0 aliphatic rings. The third kappa shape index (κ3) is 3.01. The summed E-state index contributed by atoms with van der Waals surface area (Å²) in [7, 11) is 0. The fourth-order valence-electron chi connectivity index (χ4n) is 1.06. The summed E-state index contributed by atoms with van der Waals surface area (Å²) in [5.74, 6) is -1.63. The number of carboxylic acid groups (broad SMARTS) is 1. The highest BCUT2D eigenvalue weighted by Crippen LogP contribution is 2.27. The van der Waals surface area contributed by atoms with Crippen LogP contribution < -0.4 is 0 Å². The van der Waals surface area contributed by atoms with E-state index < -0.39 is 18.3 Å². The number of tetrazole rings is 1. The monoisotopic (exact) mass is 333 g/mol. The number of carboxylic acids is 1. The third-order valence-corrected chi connectivity index (χ3v) is 3.15. The van der Waals surface area contributed by atoms with Crippen molar-refractivity contribution in [2.24, 2.45) is 0 Å². The van der Waals surface area contributed by atoms with Crippen LogP contribution >= 0.6 is 27.7 Å². The topological polar surface area (TPSA) is 93.8 Å². The molecule has 0 saturated carbocycles. The molecular weight excluding hydrogens is 329 g/mol. The summed E-state index contributed by atoms with van der Waals surface area (Å²) in [4.78, 5) is 14.4. The molecule has 2 aromatic heterocycles. The van der Waals surface area contributed by atoms with E-state index in [-0.39, 0.29) is 10.2 Å². The van der Waals surface area contributed by atoms with Gasteiger partial charge in [-0.15, -0.1) is 5.10 Å². The highest BCUT2D eigenvalue weighted by molar-refractivity contribution is 9.10. The second-order valence-corrected chi connectivity index (χ2v) is 4.93. The fraction of sp³-hybridized carbons (Fsp3) is 0.125. The van der Waals surface area contributed by atoms with Gasteiger partial charge < -0.3 is 5.11 Å². The number of aliphatic carboxylic acids is 1. The highest BCUT2D eigenvalue weighted by Gasteiger charge is 2.14. The number of pyridine rings is 1. The second-order valence-electron chi connectivity index (χ2n) is 3.06. The Labute approximate surface area is 113 Å². The highest BCUT2D eigenvalue weighted by atomic mass is 79.9. The summed E-state index contributed by atoms with van der Waals surface area (Å²) in [5.41, 5.74) is 0. The number of hydrogen-bond acceptors (Lipinski definition) is 6. The largest absolute Gasteiger partial charge is 0.480 e. The van der Waals surface area contributed by atoms with Gasteiger partial charge in [0.15, 0.2) is 5.82 Å². The van der Waals surface area contributed by atoms with Crippen LogP contribution in [0.4, 0.5) is 4.39 Å². The molecule has 0 spiro atoms. The van der Waals surface area contributed by atoms with Gasteiger partial charge in [0.2, 0.25) is 5.16 Å². The van der Waals surface area contributed by atoms with E-state index >= 15 is 0 Å². The molecular formula is C8H5BrFN5O2S. The van der Waals surface area contributed by atoms with Crippen LogP contribution in [0.15, 0.2) is 26.9 Å². The molecule has 0 aliphatic carbocycles. The molecule has 7 nitrogen and oxygen atoms in total. The van der Waals surface area contributed by atoms with E-state index in [1.54, 1.807) is 0 Å². The summed E-state index contributed by atoms with van der Waals surface area (Å²) in [5, 5.41) is 19.3. The molecule has 0 aromatic carbocycles. The first kappa shape index (κ1) is 12.9. The van der Waals surface area contributed by atoms with Gasteiger partial charge in [-0.05, 0) is 44.2 Å². The maximum absolute atomic E-state index is 13.5. The van der Waals surface area contributed by atoms with E-state index in [4.69, 9.17) is 5.11 Å². The first-order chi connectivity index (χ1) is 8.56. The zero-order valence-electron chi connectivity index (χ0n) is 8.62. The number of carbonyl (C=O) groups is 1. The molecule has 0 bridgehead atoms. The average Bonchev–Trinajstić information content (AvgIpc) is 2.69. The maximum Gasteiger partial charge on any atom is 0.325 e. The van der Waals surface area contributed by atoms with Crippen LogP contribution in [-0.2, 0) is 11.3 Å². The first-order valence-electron chi connectivity index (χ1n) is 4.53. The zero-order chi connectivity index (χ0) is 13.1. The molecule has 94 valence electrons. The summed E-state index contributed by atoms with van der Waals surface area (Å²) < 4.78 is 15.1. The maximum atomic E-state index is 13.5. The molecule has 0 radical (unpaired) electrons. The number of halogens is 2. The quantitative estimate of drug-likeness (QED) is 0.898. The predicted molar refractivity (Wildman–Crippen MR) is 61.5 cm³/mol. The lowest BCUT2D eigenvalue weighted by molar-refractivity contribution is -0.138. The SMILES string of the molecule is O=C(O)Cn1nnnc1Sc1ncc(Br)cc1F. The van der Waals surface area contributed by atoms with Crippen molar-refractivity contribution < 1.29 is 14.3 Å². The molecule has 0 unspecified atom stereocenters. The van der Waals surface area contributed by atoms with Gasteiger partial charge in [-0.25, -0.2) is 14.1 Å². The van der Waals surface area contributed by atoms with E-state index in [9.17, 15) is 9.18 Å². The Hall–Kier alpha value is -1.55. The molecule has 0 fully saturated rings. The normalized spacial score (nSPS) is 10.6. The zero-order valence-corrected chi connectivity index (χ0v) is 11.0. The lowest BCUT2D eigenvalue weighted by Crippen LogP contribution is -2.11. The van der Waals surface area contributed by atoms with Gasteiger partial charge in [-0.3, -0.25) is 4.79 Å². The minimum absolute atomic E-state index is 0.0691. The van der Waals surface area contributed by atoms with Crippen LogP contribution in [0.25, 0.3) is 0 Å². The lowest BCUT2D eigenvalue weighted by atomic mass is 10.5. The molecule has 2 rings (SSSR count). The van der Waals surface area contributed by atoms with Gasteiger partial charge in [0, 0.05) is 10.7 Å². The van der Waals surface area contributed by atoms with Gasteiger partial charge >= 0.3 is 5.97 Å². The van der Waals surface area contributed by atoms with Crippen molar-refractivity contribution in [3.8, 4) is 0 Å². The van der Waals surface area contributed by atoms with Crippen molar-refractivity contribution in [1.29, 1.82) is 0 Å². The Morgan fingerprint density at radius 1 is 1.61 bits per heavy atom. The minimum Gasteiger partial charge on any atom is -0.480 e. The van der Waals surface area contributed by atoms with Crippen LogP contribution in [0.2, 0.25) is 0 Å². The third-order valence-electron chi connectivity index (χ3n) is 1.75. The number of rotatable bonds is 4. The Morgan fingerprint density at radius 2 is 2.39 bits per heavy atom. The Morgan fingerprint density at radius 3 is 3.06 bits per heavy atom. The second kappa shape index (κ2) is 5.40. The molecule has 0 atom stereocenters. The van der Waals surface area contributed by atoms with E-state index in [1.807, 2.05) is 0 Å². The molecule has 0 amide bonds. The average molecular weight is 334 g/mol. The summed E-state index contributed by atoms with van der Waals surface area (Å²) in [6.45, 7) is -0.395. The van der Waals surface area contributed by atoms with E-state index in [1.165, 1.54) is 12.3 Å². The van der Waals surface area contributed by atoms with Crippen LogP contribution in [0.5, 0.6) is 0 Å². The van der Waals surface area contributed by atoms with Crippen molar-refractivity contribution in [2.75, 3.05) is 0 Å². The molecule has 1 N–H and O–H groups in total. The van der Waals surface area contributed by atoms with E-state index in [0.29, 0.717) is 4.47 Å². The summed E-state index contributed by atoms with van der Waals surface area (Å²) in [6.07, 6.45) is 1.43. The van der Waals surface area contributed by atoms with Crippen molar-refractivity contribution in [2.45, 2.75) is 16.7 Å². The van der Waals surface area contributed by atoms with Gasteiger partial charge in [0.1, 0.15) is 11.6 Å². The van der Waals surface area contributed by atoms with Crippen molar-refractivity contribution in [3.63, 3.8) is 0 Å². The standard InChI is InChI=1S/C8H5BrFN5O2S/c9-4-1-5(10)7(11-2-4)18-8-12-13-14-15(8)3-6(16)17/h1-2H,3H2,(H,16,17). The lowest BCUT2D eigenvalue weighted by Gasteiger charge is -2.02. The number of hydrogen-bond donors (Lipinski definition) is 1. The number of nitrogens with zero attached hydrogens (tertiary/aromatic N) is 5. The molecule has 2 heterocycles. The molecule has 18 heavy (non-hydrogen) atoms. The molecule has 0 aliphatic heterocycles. The van der Waals surface area contributed by atoms with Gasteiger partial charge in [-0.1, -0.05) is 0 Å². The van der Waals surface area contributed by atoms with Gasteiger partial charge in [0.05, 0.1) is 0 Å². The van der Waals surface area contributed by atoms with Gasteiger partial charge in [-0.2, -0.15) is 0 Å². The van der Waals surface area contributed by atoms with Crippen LogP contribution in [0, 0.1) is 5.82 Å². The Bertz CT molecular complexity index is 593. The predicted octanol–water partition coefficient (Wildman–Crippen LogP) is 1.21. The molecule has 0 saturated heterocycles.